The van der Waals surface area contributed by atoms with Gasteiger partial charge in [0, 0.05) is 22.4 Å². The molecule has 0 aliphatic heterocycles. The molecule has 1 saturated carbocycles. The van der Waals surface area contributed by atoms with Crippen LogP contribution in [-0.4, -0.2) is 28.4 Å². The maximum Gasteiger partial charge on any atom is 0.251 e. The number of hydrogen-bond acceptors (Lipinski definition) is 3. The van der Waals surface area contributed by atoms with Gasteiger partial charge in [-0.2, -0.15) is 11.8 Å². The number of amides is 1. The molecule has 3 nitrogen and oxygen atoms in total. The van der Waals surface area contributed by atoms with E-state index in [1.807, 2.05) is 11.8 Å². The highest BCUT2D eigenvalue weighted by molar-refractivity contribution is 7.99. The second kappa shape index (κ2) is 6.39. The summed E-state index contributed by atoms with van der Waals surface area (Å²) in [5.41, 5.74) is 6.98. The van der Waals surface area contributed by atoms with E-state index in [1.54, 1.807) is 24.3 Å². The Morgan fingerprint density at radius 3 is 2.47 bits per heavy atom. The molecule has 1 aliphatic rings. The molecule has 0 saturated heterocycles. The van der Waals surface area contributed by atoms with Crippen molar-refractivity contribution in [3.63, 3.8) is 0 Å². The molecule has 3 N–H and O–H groups in total. The molecule has 1 fully saturated rings. The van der Waals surface area contributed by atoms with Crippen molar-refractivity contribution in [1.29, 1.82) is 0 Å². The molecule has 19 heavy (non-hydrogen) atoms. The van der Waals surface area contributed by atoms with Gasteiger partial charge < -0.3 is 11.1 Å². The lowest BCUT2D eigenvalue weighted by Gasteiger charge is -2.13. The Labute approximate surface area is 123 Å². The van der Waals surface area contributed by atoms with Crippen molar-refractivity contribution in [2.24, 2.45) is 5.73 Å². The number of thioether (sulfide) groups is 1. The largest absolute Gasteiger partial charge is 0.389 e. The molecule has 0 spiro atoms. The lowest BCUT2D eigenvalue weighted by molar-refractivity contribution is 0.0938. The van der Waals surface area contributed by atoms with Gasteiger partial charge in [0.05, 0.1) is 0 Å². The van der Waals surface area contributed by atoms with Gasteiger partial charge in [-0.25, -0.2) is 0 Å². The first-order valence-electron chi connectivity index (χ1n) is 6.33. The Hall–Kier alpha value is -1.07. The van der Waals surface area contributed by atoms with Gasteiger partial charge in [0.2, 0.25) is 0 Å². The summed E-state index contributed by atoms with van der Waals surface area (Å²) in [7, 11) is 0. The summed E-state index contributed by atoms with van der Waals surface area (Å²) >= 11 is 6.77. The zero-order chi connectivity index (χ0) is 13.8. The number of carbonyl (C=O) groups is 1. The van der Waals surface area contributed by atoms with Crippen LogP contribution < -0.4 is 11.1 Å². The van der Waals surface area contributed by atoms with E-state index < -0.39 is 0 Å². The van der Waals surface area contributed by atoms with Gasteiger partial charge in [0.25, 0.3) is 5.91 Å². The van der Waals surface area contributed by atoms with E-state index in [0.717, 1.165) is 18.4 Å². The lowest BCUT2D eigenvalue weighted by Crippen LogP contribution is -2.33. The quantitative estimate of drug-likeness (QED) is 0.837. The molecule has 0 aromatic heterocycles. The first kappa shape index (κ1) is 14.3. The fourth-order valence-corrected chi connectivity index (χ4v) is 3.27. The zero-order valence-electron chi connectivity index (χ0n) is 10.9. The highest BCUT2D eigenvalue weighted by Gasteiger charge is 2.25. The highest BCUT2D eigenvalue weighted by atomic mass is 32.2. The molecule has 1 aromatic rings. The lowest BCUT2D eigenvalue weighted by atomic mass is 10.1. The molecular formula is C14H18N2OS2. The molecule has 1 aliphatic carbocycles. The minimum absolute atomic E-state index is 0.0127. The van der Waals surface area contributed by atoms with Gasteiger partial charge in [-0.15, -0.1) is 0 Å². The van der Waals surface area contributed by atoms with Crippen molar-refractivity contribution in [3.8, 4) is 0 Å². The summed E-state index contributed by atoms with van der Waals surface area (Å²) in [6.45, 7) is 0. The van der Waals surface area contributed by atoms with E-state index in [-0.39, 0.29) is 5.91 Å². The number of benzene rings is 1. The molecule has 0 heterocycles. The Morgan fingerprint density at radius 1 is 1.32 bits per heavy atom. The first-order valence-corrected chi connectivity index (χ1v) is 8.03. The molecule has 2 atom stereocenters. The molecule has 2 rings (SSSR count). The maximum absolute atomic E-state index is 12.1. The molecule has 1 amide bonds. The predicted molar refractivity (Wildman–Crippen MR) is 84.7 cm³/mol. The van der Waals surface area contributed by atoms with Crippen LogP contribution in [0.4, 0.5) is 0 Å². The van der Waals surface area contributed by atoms with Crippen LogP contribution in [0.2, 0.25) is 0 Å². The van der Waals surface area contributed by atoms with E-state index in [9.17, 15) is 4.79 Å². The normalized spacial score (nSPS) is 22.2. The van der Waals surface area contributed by atoms with Gasteiger partial charge in [0.15, 0.2) is 0 Å². The van der Waals surface area contributed by atoms with Crippen molar-refractivity contribution < 1.29 is 4.79 Å². The van der Waals surface area contributed by atoms with E-state index in [2.05, 4.69) is 11.6 Å². The molecule has 2 unspecified atom stereocenters. The third-order valence-electron chi connectivity index (χ3n) is 3.48. The maximum atomic E-state index is 12.1. The van der Waals surface area contributed by atoms with Crippen LogP contribution in [0.15, 0.2) is 24.3 Å². The Balaban J connectivity index is 1.95. The van der Waals surface area contributed by atoms with E-state index >= 15 is 0 Å². The average molecular weight is 294 g/mol. The van der Waals surface area contributed by atoms with Crippen LogP contribution in [0.25, 0.3) is 0 Å². The SMILES string of the molecule is CSC1CCC(NC(=O)c2ccc(C(N)=S)cc2)C1. The number of nitrogens with one attached hydrogen (secondary N) is 1. The van der Waals surface area contributed by atoms with Gasteiger partial charge in [0.1, 0.15) is 4.99 Å². The van der Waals surface area contributed by atoms with Crippen LogP contribution in [0.1, 0.15) is 35.2 Å². The van der Waals surface area contributed by atoms with Crippen molar-refractivity contribution in [2.45, 2.75) is 30.6 Å². The van der Waals surface area contributed by atoms with Crippen molar-refractivity contribution in [3.05, 3.63) is 35.4 Å². The minimum Gasteiger partial charge on any atom is -0.389 e. The third kappa shape index (κ3) is 3.70. The Kier molecular flexibility index (Phi) is 4.82. The van der Waals surface area contributed by atoms with Crippen LogP contribution in [-0.2, 0) is 0 Å². The first-order chi connectivity index (χ1) is 9.10. The van der Waals surface area contributed by atoms with E-state index in [1.165, 1.54) is 6.42 Å². The van der Waals surface area contributed by atoms with Crippen LogP contribution in [0.5, 0.6) is 0 Å². The van der Waals surface area contributed by atoms with Gasteiger partial charge in [-0.05, 0) is 37.7 Å². The number of nitrogens with two attached hydrogens (primary N) is 1. The summed E-state index contributed by atoms with van der Waals surface area (Å²) in [4.78, 5) is 12.4. The van der Waals surface area contributed by atoms with Gasteiger partial charge in [-0.3, -0.25) is 4.79 Å². The smallest absolute Gasteiger partial charge is 0.251 e. The second-order valence-electron chi connectivity index (χ2n) is 4.78. The van der Waals surface area contributed by atoms with Crippen LogP contribution in [0, 0.1) is 0 Å². The number of hydrogen-bond donors (Lipinski definition) is 2. The molecular weight excluding hydrogens is 276 g/mol. The summed E-state index contributed by atoms with van der Waals surface area (Å²) in [6, 6.07) is 7.42. The highest BCUT2D eigenvalue weighted by Crippen LogP contribution is 2.28. The van der Waals surface area contributed by atoms with Gasteiger partial charge in [-0.1, -0.05) is 24.4 Å². The monoisotopic (exact) mass is 294 g/mol. The second-order valence-corrected chi connectivity index (χ2v) is 6.36. The zero-order valence-corrected chi connectivity index (χ0v) is 12.5. The number of carbonyl (C=O) groups excluding carboxylic acids is 1. The van der Waals surface area contributed by atoms with Crippen molar-refractivity contribution in [2.75, 3.05) is 6.26 Å². The summed E-state index contributed by atoms with van der Waals surface area (Å²) < 4.78 is 0. The van der Waals surface area contributed by atoms with Crippen LogP contribution >= 0.6 is 24.0 Å². The Bertz CT molecular complexity index is 473. The fourth-order valence-electron chi connectivity index (χ4n) is 2.34. The third-order valence-corrected chi connectivity index (χ3v) is 4.82. The Morgan fingerprint density at radius 2 is 1.95 bits per heavy atom. The average Bonchev–Trinajstić information content (AvgIpc) is 2.86. The van der Waals surface area contributed by atoms with Crippen molar-refractivity contribution >= 4 is 34.9 Å². The molecule has 5 heteroatoms. The molecule has 102 valence electrons. The number of thiocarbonyl (C=S) groups is 1. The topological polar surface area (TPSA) is 55.1 Å². The summed E-state index contributed by atoms with van der Waals surface area (Å²) in [5.74, 6) is -0.0127. The molecule has 0 radical (unpaired) electrons. The van der Waals surface area contributed by atoms with Crippen LogP contribution in [0.3, 0.4) is 0 Å². The predicted octanol–water partition coefficient (Wildman–Crippen LogP) is 2.33. The van der Waals surface area contributed by atoms with Crippen molar-refractivity contribution in [1.82, 2.24) is 5.32 Å². The standard InChI is InChI=1S/C14H18N2OS2/c1-19-12-7-6-11(8-12)16-14(17)10-4-2-9(3-5-10)13(15)18/h2-5,11-12H,6-8H2,1H3,(H2,15,18)(H,16,17). The minimum atomic E-state index is -0.0127. The molecule has 0 bridgehead atoms. The molecule has 1 aromatic carbocycles. The number of rotatable bonds is 4. The summed E-state index contributed by atoms with van der Waals surface area (Å²) in [6.07, 6.45) is 5.45. The fraction of sp³-hybridized carbons (Fsp3) is 0.429. The van der Waals surface area contributed by atoms with E-state index in [4.69, 9.17) is 18.0 Å². The van der Waals surface area contributed by atoms with E-state index in [0.29, 0.717) is 21.8 Å². The summed E-state index contributed by atoms with van der Waals surface area (Å²) in [5, 5.41) is 3.77. The van der Waals surface area contributed by atoms with Gasteiger partial charge >= 0.3 is 0 Å².